The van der Waals surface area contributed by atoms with Crippen LogP contribution in [-0.4, -0.2) is 35.0 Å². The largest absolute Gasteiger partial charge is 0.478 e. The van der Waals surface area contributed by atoms with Gasteiger partial charge >= 0.3 is 5.97 Å². The van der Waals surface area contributed by atoms with E-state index < -0.39 is 12.2 Å². The summed E-state index contributed by atoms with van der Waals surface area (Å²) in [5.74, 6) is -0.171. The number of allylic oxidation sites excluding steroid dienone is 2. The molecule has 0 spiro atoms. The summed E-state index contributed by atoms with van der Waals surface area (Å²) in [5.41, 5.74) is 5.70. The molecule has 2 atom stereocenters. The van der Waals surface area contributed by atoms with Crippen LogP contribution < -0.4 is 10.1 Å². The fraction of sp³-hybridized carbons (Fsp3) is 0.273. The minimum atomic E-state index is -0.926. The number of nitrogens with zero attached hydrogens (tertiary/aromatic N) is 1. The Morgan fingerprint density at radius 3 is 2.52 bits per heavy atom. The fourth-order valence-electron chi connectivity index (χ4n) is 6.60. The van der Waals surface area contributed by atoms with Crippen molar-refractivity contribution in [3.8, 4) is 5.75 Å². The number of fused-ring (bicyclic) bond motifs is 2. The number of aromatic carboxylic acids is 1. The summed E-state index contributed by atoms with van der Waals surface area (Å²) in [6.07, 6.45) is 4.84. The Hall–Kier alpha value is -3.84. The molecule has 3 aromatic rings. The minimum absolute atomic E-state index is 0.00787. The van der Waals surface area contributed by atoms with Crippen LogP contribution in [0.3, 0.4) is 0 Å². The van der Waals surface area contributed by atoms with Gasteiger partial charge in [-0.25, -0.2) is 4.79 Å². The van der Waals surface area contributed by atoms with E-state index in [0.717, 1.165) is 33.5 Å². The maximum atomic E-state index is 14.0. The summed E-state index contributed by atoms with van der Waals surface area (Å²) in [4.78, 5) is 27.3. The molecule has 6 rings (SSSR count). The number of carboxylic acid groups (broad SMARTS) is 1. The third-order valence-corrected chi connectivity index (χ3v) is 8.98. The predicted octanol–water partition coefficient (Wildman–Crippen LogP) is 7.55. The zero-order valence-electron chi connectivity index (χ0n) is 22.7. The van der Waals surface area contributed by atoms with E-state index >= 15 is 0 Å². The van der Waals surface area contributed by atoms with Gasteiger partial charge in [-0.1, -0.05) is 84.8 Å². The number of anilines is 1. The first-order valence-corrected chi connectivity index (χ1v) is 14.2. The first-order valence-electron chi connectivity index (χ1n) is 13.4. The SMILES string of the molecule is CC1(C)C(c2ccc(C(=O)O)cc2)=CC[C@]2(C)CN(C(=O)c3ccccc3C3Nc4cc(Br)ccc4O3)CC=C12. The van der Waals surface area contributed by atoms with Gasteiger partial charge in [0.2, 0.25) is 0 Å². The molecule has 7 heteroatoms. The van der Waals surface area contributed by atoms with Crippen molar-refractivity contribution in [2.75, 3.05) is 18.4 Å². The minimum Gasteiger partial charge on any atom is -0.478 e. The smallest absolute Gasteiger partial charge is 0.335 e. The average Bonchev–Trinajstić information content (AvgIpc) is 3.35. The molecule has 1 aliphatic carbocycles. The zero-order valence-corrected chi connectivity index (χ0v) is 24.3. The summed E-state index contributed by atoms with van der Waals surface area (Å²) in [5, 5.41) is 12.7. The molecule has 0 saturated heterocycles. The number of halogens is 1. The van der Waals surface area contributed by atoms with Gasteiger partial charge in [-0.2, -0.15) is 0 Å². The number of benzene rings is 3. The Balaban J connectivity index is 1.25. The molecule has 0 aromatic heterocycles. The van der Waals surface area contributed by atoms with Gasteiger partial charge in [-0.15, -0.1) is 0 Å². The third-order valence-electron chi connectivity index (χ3n) is 8.49. The van der Waals surface area contributed by atoms with Gasteiger partial charge in [0.1, 0.15) is 5.75 Å². The van der Waals surface area contributed by atoms with Crippen LogP contribution in [0.5, 0.6) is 5.75 Å². The number of rotatable bonds is 4. The molecule has 0 radical (unpaired) electrons. The normalized spacial score (nSPS) is 22.7. The van der Waals surface area contributed by atoms with E-state index in [1.165, 1.54) is 11.1 Å². The van der Waals surface area contributed by atoms with E-state index in [0.29, 0.717) is 18.7 Å². The van der Waals surface area contributed by atoms with Crippen LogP contribution >= 0.6 is 15.9 Å². The second kappa shape index (κ2) is 9.66. The van der Waals surface area contributed by atoms with Crippen LogP contribution in [-0.2, 0) is 0 Å². The summed E-state index contributed by atoms with van der Waals surface area (Å²) in [6.45, 7) is 7.82. The van der Waals surface area contributed by atoms with Crippen molar-refractivity contribution < 1.29 is 19.4 Å². The van der Waals surface area contributed by atoms with E-state index in [1.54, 1.807) is 12.1 Å². The Labute approximate surface area is 242 Å². The summed E-state index contributed by atoms with van der Waals surface area (Å²) in [7, 11) is 0. The van der Waals surface area contributed by atoms with Crippen molar-refractivity contribution in [1.29, 1.82) is 0 Å². The molecule has 40 heavy (non-hydrogen) atoms. The lowest BCUT2D eigenvalue weighted by atomic mass is 9.58. The fourth-order valence-corrected chi connectivity index (χ4v) is 6.96. The van der Waals surface area contributed by atoms with Crippen molar-refractivity contribution in [3.05, 3.63) is 111 Å². The van der Waals surface area contributed by atoms with Gasteiger partial charge in [0, 0.05) is 39.5 Å². The molecule has 0 bridgehead atoms. The highest BCUT2D eigenvalue weighted by molar-refractivity contribution is 9.10. The highest BCUT2D eigenvalue weighted by atomic mass is 79.9. The second-order valence-electron chi connectivity index (χ2n) is 11.6. The maximum Gasteiger partial charge on any atom is 0.335 e. The monoisotopic (exact) mass is 598 g/mol. The lowest BCUT2D eigenvalue weighted by Crippen LogP contribution is -2.49. The maximum absolute atomic E-state index is 14.0. The lowest BCUT2D eigenvalue weighted by Gasteiger charge is -2.50. The number of nitrogens with one attached hydrogen (secondary N) is 1. The van der Waals surface area contributed by atoms with Crippen molar-refractivity contribution in [1.82, 2.24) is 4.90 Å². The molecule has 2 N–H and O–H groups in total. The van der Waals surface area contributed by atoms with Crippen LogP contribution in [0.4, 0.5) is 5.69 Å². The number of carbonyl (C=O) groups is 2. The molecule has 204 valence electrons. The van der Waals surface area contributed by atoms with Crippen LogP contribution in [0.1, 0.15) is 65.3 Å². The second-order valence-corrected chi connectivity index (χ2v) is 12.5. The molecule has 2 aliphatic heterocycles. The molecule has 0 saturated carbocycles. The number of ether oxygens (including phenoxy) is 1. The van der Waals surface area contributed by atoms with Crippen molar-refractivity contribution >= 4 is 39.1 Å². The Morgan fingerprint density at radius 2 is 1.77 bits per heavy atom. The molecule has 0 fully saturated rings. The molecule has 3 aliphatic rings. The van der Waals surface area contributed by atoms with E-state index in [9.17, 15) is 14.7 Å². The molecular formula is C33H31BrN2O4. The third kappa shape index (κ3) is 4.42. The molecule has 1 amide bonds. The van der Waals surface area contributed by atoms with Crippen LogP contribution in [0.15, 0.2) is 88.9 Å². The summed E-state index contributed by atoms with van der Waals surface area (Å²) in [6, 6.07) is 20.6. The van der Waals surface area contributed by atoms with Gasteiger partial charge in [-0.05, 0) is 54.0 Å². The van der Waals surface area contributed by atoms with E-state index in [2.05, 4.69) is 54.2 Å². The highest BCUT2D eigenvalue weighted by Gasteiger charge is 2.46. The number of amides is 1. The number of carbonyl (C=O) groups excluding carboxylic acids is 1. The Kier molecular flexibility index (Phi) is 6.37. The summed E-state index contributed by atoms with van der Waals surface area (Å²) < 4.78 is 7.14. The first kappa shape index (κ1) is 26.4. The standard InChI is InChI=1S/C33H31BrN2O4/c1-32(2)25(20-8-10-21(11-9-20)31(38)39)14-16-33(3)19-36(17-15-28(32)33)30(37)24-7-5-4-6-23(24)29-35-26-18-22(34)12-13-27(26)40-29/h4-15,18,29,35H,16-17,19H2,1-3H3,(H,38,39)/t29?,33-/m1/s1. The Bertz CT molecular complexity index is 1590. The Morgan fingerprint density at radius 1 is 1.02 bits per heavy atom. The van der Waals surface area contributed by atoms with Crippen LogP contribution in [0.25, 0.3) is 5.57 Å². The van der Waals surface area contributed by atoms with Crippen molar-refractivity contribution in [3.63, 3.8) is 0 Å². The van der Waals surface area contributed by atoms with Gasteiger partial charge in [0.05, 0.1) is 11.3 Å². The molecule has 2 heterocycles. The van der Waals surface area contributed by atoms with E-state index in [4.69, 9.17) is 4.74 Å². The van der Waals surface area contributed by atoms with Crippen LogP contribution in [0, 0.1) is 10.8 Å². The average molecular weight is 600 g/mol. The van der Waals surface area contributed by atoms with Gasteiger partial charge in [0.15, 0.2) is 6.23 Å². The number of hydrogen-bond acceptors (Lipinski definition) is 4. The predicted molar refractivity (Wildman–Crippen MR) is 159 cm³/mol. The quantitative estimate of drug-likeness (QED) is 0.303. The number of carboxylic acids is 1. The molecule has 1 unspecified atom stereocenters. The first-order chi connectivity index (χ1) is 19.1. The van der Waals surface area contributed by atoms with Crippen LogP contribution in [0.2, 0.25) is 0 Å². The van der Waals surface area contributed by atoms with E-state index in [-0.39, 0.29) is 22.3 Å². The number of hydrogen-bond donors (Lipinski definition) is 2. The van der Waals surface area contributed by atoms with Gasteiger partial charge in [0.25, 0.3) is 5.91 Å². The molecule has 6 nitrogen and oxygen atoms in total. The van der Waals surface area contributed by atoms with Crippen molar-refractivity contribution in [2.24, 2.45) is 10.8 Å². The van der Waals surface area contributed by atoms with Gasteiger partial charge < -0.3 is 20.1 Å². The molecule has 3 aromatic carbocycles. The molecular weight excluding hydrogens is 568 g/mol. The summed E-state index contributed by atoms with van der Waals surface area (Å²) >= 11 is 3.51. The topological polar surface area (TPSA) is 78.9 Å². The van der Waals surface area contributed by atoms with Crippen molar-refractivity contribution in [2.45, 2.75) is 33.4 Å². The van der Waals surface area contributed by atoms with E-state index in [1.807, 2.05) is 59.5 Å². The highest BCUT2D eigenvalue weighted by Crippen LogP contribution is 2.55. The lowest BCUT2D eigenvalue weighted by molar-refractivity contribution is 0.0675. The zero-order chi connectivity index (χ0) is 28.2. The van der Waals surface area contributed by atoms with Gasteiger partial charge in [-0.3, -0.25) is 4.79 Å².